The fraction of sp³-hybridized carbons (Fsp3) is 0.583. The van der Waals surface area contributed by atoms with Crippen LogP contribution in [0.25, 0.3) is 0 Å². The Morgan fingerprint density at radius 2 is 2.12 bits per heavy atom. The maximum atomic E-state index is 5.65. The van der Waals surface area contributed by atoms with Crippen LogP contribution in [0.1, 0.15) is 31.4 Å². The van der Waals surface area contributed by atoms with Gasteiger partial charge in [-0.05, 0) is 31.1 Å². The third kappa shape index (κ3) is 1.99. The molecule has 2 aliphatic carbocycles. The van der Waals surface area contributed by atoms with Crippen molar-refractivity contribution in [1.29, 1.82) is 0 Å². The topological polar surface area (TPSA) is 63.8 Å². The van der Waals surface area contributed by atoms with E-state index in [0.717, 1.165) is 17.7 Å². The van der Waals surface area contributed by atoms with Crippen molar-refractivity contribution in [3.63, 3.8) is 0 Å². The molecule has 2 fully saturated rings. The van der Waals surface area contributed by atoms with E-state index in [9.17, 15) is 0 Å². The van der Waals surface area contributed by atoms with Gasteiger partial charge in [0.2, 0.25) is 0 Å². The van der Waals surface area contributed by atoms with E-state index < -0.39 is 0 Å². The molecule has 0 aliphatic heterocycles. The molecule has 17 heavy (non-hydrogen) atoms. The van der Waals surface area contributed by atoms with E-state index in [4.69, 9.17) is 18.0 Å². The molecule has 1 aromatic rings. The molecule has 2 bridgehead atoms. The Bertz CT molecular complexity index is 448. The van der Waals surface area contributed by atoms with Gasteiger partial charge in [0.1, 0.15) is 10.7 Å². The molecule has 3 atom stereocenters. The number of hydrogen-bond acceptors (Lipinski definition) is 4. The van der Waals surface area contributed by atoms with Crippen LogP contribution in [0.5, 0.6) is 0 Å². The van der Waals surface area contributed by atoms with Crippen LogP contribution < -0.4 is 11.1 Å². The molecule has 2 saturated carbocycles. The van der Waals surface area contributed by atoms with Gasteiger partial charge in [-0.3, -0.25) is 0 Å². The van der Waals surface area contributed by atoms with Crippen LogP contribution in [0, 0.1) is 11.8 Å². The molecule has 3 unspecified atom stereocenters. The van der Waals surface area contributed by atoms with Gasteiger partial charge in [-0.2, -0.15) is 0 Å². The highest BCUT2D eigenvalue weighted by Crippen LogP contribution is 2.45. The minimum absolute atomic E-state index is 0.309. The van der Waals surface area contributed by atoms with E-state index in [-0.39, 0.29) is 0 Å². The lowest BCUT2D eigenvalue weighted by atomic mass is 9.95. The monoisotopic (exact) mass is 248 g/mol. The van der Waals surface area contributed by atoms with E-state index in [1.165, 1.54) is 25.7 Å². The van der Waals surface area contributed by atoms with Gasteiger partial charge in [-0.25, -0.2) is 9.97 Å². The molecule has 0 spiro atoms. The van der Waals surface area contributed by atoms with E-state index in [0.29, 0.717) is 16.7 Å². The molecule has 3 rings (SSSR count). The van der Waals surface area contributed by atoms with Crippen LogP contribution in [-0.2, 0) is 0 Å². The zero-order chi connectivity index (χ0) is 11.8. The smallest absolute Gasteiger partial charge is 0.155 e. The van der Waals surface area contributed by atoms with Gasteiger partial charge in [0.25, 0.3) is 0 Å². The summed E-state index contributed by atoms with van der Waals surface area (Å²) in [6.07, 6.45) is 8.65. The Morgan fingerprint density at radius 1 is 1.29 bits per heavy atom. The van der Waals surface area contributed by atoms with Crippen LogP contribution in [-0.4, -0.2) is 21.0 Å². The first-order chi connectivity index (χ1) is 8.24. The first kappa shape index (κ1) is 10.9. The number of aromatic nitrogens is 2. The van der Waals surface area contributed by atoms with Crippen LogP contribution >= 0.6 is 12.2 Å². The Balaban J connectivity index is 1.79. The largest absolute Gasteiger partial charge is 0.388 e. The molecule has 0 amide bonds. The lowest BCUT2D eigenvalue weighted by Gasteiger charge is -2.24. The zero-order valence-electron chi connectivity index (χ0n) is 9.60. The van der Waals surface area contributed by atoms with Crippen molar-refractivity contribution in [3.05, 3.63) is 18.1 Å². The molecule has 0 saturated heterocycles. The summed E-state index contributed by atoms with van der Waals surface area (Å²) in [7, 11) is 0. The molecule has 4 nitrogen and oxygen atoms in total. The van der Waals surface area contributed by atoms with Crippen molar-refractivity contribution in [2.75, 3.05) is 5.32 Å². The summed E-state index contributed by atoms with van der Waals surface area (Å²) in [4.78, 5) is 8.81. The molecule has 1 heterocycles. The number of nitrogens with one attached hydrogen (secondary N) is 1. The third-order valence-corrected chi connectivity index (χ3v) is 4.19. The SMILES string of the molecule is NC(=S)c1nccnc1NC1CC2CCC1C2. The summed E-state index contributed by atoms with van der Waals surface area (Å²) >= 11 is 4.99. The zero-order valence-corrected chi connectivity index (χ0v) is 10.4. The Labute approximate surface area is 106 Å². The number of hydrogen-bond donors (Lipinski definition) is 2. The number of anilines is 1. The van der Waals surface area contributed by atoms with E-state index >= 15 is 0 Å². The standard InChI is InChI=1S/C12H16N4S/c13-11(17)10-12(15-4-3-14-10)16-9-6-7-1-2-8(9)5-7/h3-4,7-9H,1-2,5-6H2,(H2,13,17)(H,15,16). The van der Waals surface area contributed by atoms with Crippen LogP contribution in [0.2, 0.25) is 0 Å². The second-order valence-electron chi connectivity index (χ2n) is 5.04. The number of thiocarbonyl (C=S) groups is 1. The molecular formula is C12H16N4S. The number of nitrogens with two attached hydrogens (primary N) is 1. The fourth-order valence-electron chi connectivity index (χ4n) is 3.22. The van der Waals surface area contributed by atoms with Crippen molar-refractivity contribution in [2.45, 2.75) is 31.7 Å². The molecule has 5 heteroatoms. The molecule has 2 aliphatic rings. The van der Waals surface area contributed by atoms with E-state index in [1.54, 1.807) is 12.4 Å². The Hall–Kier alpha value is -1.23. The highest BCUT2D eigenvalue weighted by atomic mass is 32.1. The molecule has 0 aromatic carbocycles. The fourth-order valence-corrected chi connectivity index (χ4v) is 3.37. The average molecular weight is 248 g/mol. The van der Waals surface area contributed by atoms with Gasteiger partial charge >= 0.3 is 0 Å². The van der Waals surface area contributed by atoms with Gasteiger partial charge in [0, 0.05) is 18.4 Å². The summed E-state index contributed by atoms with van der Waals surface area (Å²) in [5.74, 6) is 2.45. The maximum absolute atomic E-state index is 5.65. The van der Waals surface area contributed by atoms with Gasteiger partial charge in [-0.1, -0.05) is 18.6 Å². The first-order valence-corrected chi connectivity index (χ1v) is 6.52. The summed E-state index contributed by atoms with van der Waals surface area (Å²) < 4.78 is 0. The first-order valence-electron chi connectivity index (χ1n) is 6.11. The molecule has 0 radical (unpaired) electrons. The average Bonchev–Trinajstić information content (AvgIpc) is 2.91. The predicted octanol–water partition coefficient (Wildman–Crippen LogP) is 1.71. The molecule has 1 aromatic heterocycles. The lowest BCUT2D eigenvalue weighted by Crippen LogP contribution is -2.28. The highest BCUT2D eigenvalue weighted by Gasteiger charge is 2.39. The number of nitrogens with zero attached hydrogens (tertiary/aromatic N) is 2. The van der Waals surface area contributed by atoms with Crippen LogP contribution in [0.15, 0.2) is 12.4 Å². The van der Waals surface area contributed by atoms with Gasteiger partial charge in [0.05, 0.1) is 0 Å². The van der Waals surface area contributed by atoms with Crippen LogP contribution in [0.3, 0.4) is 0 Å². The van der Waals surface area contributed by atoms with E-state index in [1.807, 2.05) is 0 Å². The summed E-state index contributed by atoms with van der Waals surface area (Å²) in [6.45, 7) is 0. The van der Waals surface area contributed by atoms with Gasteiger partial charge in [0.15, 0.2) is 5.82 Å². The van der Waals surface area contributed by atoms with Crippen molar-refractivity contribution in [1.82, 2.24) is 9.97 Å². The third-order valence-electron chi connectivity index (χ3n) is 3.99. The van der Waals surface area contributed by atoms with Crippen molar-refractivity contribution in [3.8, 4) is 0 Å². The second kappa shape index (κ2) is 4.22. The maximum Gasteiger partial charge on any atom is 0.155 e. The number of fused-ring (bicyclic) bond motifs is 2. The highest BCUT2D eigenvalue weighted by molar-refractivity contribution is 7.80. The Kier molecular flexibility index (Phi) is 2.70. The summed E-state index contributed by atoms with van der Waals surface area (Å²) in [6, 6.07) is 0.526. The van der Waals surface area contributed by atoms with Crippen LogP contribution in [0.4, 0.5) is 5.82 Å². The number of rotatable bonds is 3. The minimum Gasteiger partial charge on any atom is -0.388 e. The summed E-state index contributed by atoms with van der Waals surface area (Å²) in [5, 5.41) is 3.48. The van der Waals surface area contributed by atoms with E-state index in [2.05, 4.69) is 15.3 Å². The summed E-state index contributed by atoms with van der Waals surface area (Å²) in [5.41, 5.74) is 6.27. The normalized spacial score (nSPS) is 30.5. The van der Waals surface area contributed by atoms with Gasteiger partial charge < -0.3 is 11.1 Å². The van der Waals surface area contributed by atoms with Crippen molar-refractivity contribution in [2.24, 2.45) is 17.6 Å². The van der Waals surface area contributed by atoms with Crippen molar-refractivity contribution >= 4 is 23.0 Å². The quantitative estimate of drug-likeness (QED) is 0.797. The van der Waals surface area contributed by atoms with Gasteiger partial charge in [-0.15, -0.1) is 0 Å². The predicted molar refractivity (Wildman–Crippen MR) is 70.8 cm³/mol. The van der Waals surface area contributed by atoms with Crippen molar-refractivity contribution < 1.29 is 0 Å². The minimum atomic E-state index is 0.309. The second-order valence-corrected chi connectivity index (χ2v) is 5.48. The lowest BCUT2D eigenvalue weighted by molar-refractivity contribution is 0.439. The Morgan fingerprint density at radius 3 is 2.76 bits per heavy atom. The molecule has 3 N–H and O–H groups in total. The molecular weight excluding hydrogens is 232 g/mol. The molecule has 90 valence electrons.